The van der Waals surface area contributed by atoms with E-state index in [9.17, 15) is 0 Å². The zero-order valence-corrected chi connectivity index (χ0v) is 30.0. The van der Waals surface area contributed by atoms with Crippen LogP contribution < -0.4 is 0 Å². The lowest BCUT2D eigenvalue weighted by Crippen LogP contribution is -2.05. The van der Waals surface area contributed by atoms with Gasteiger partial charge in [-0.15, -0.1) is 0 Å². The van der Waals surface area contributed by atoms with Crippen molar-refractivity contribution in [2.45, 2.75) is 0 Å². The maximum atomic E-state index is 6.26. The average Bonchev–Trinajstić information content (AvgIpc) is 3.82. The zero-order valence-electron chi connectivity index (χ0n) is 30.0. The summed E-state index contributed by atoms with van der Waals surface area (Å²) in [6, 6.07) is 62.6. The molecule has 0 aliphatic heterocycles. The lowest BCUT2D eigenvalue weighted by molar-refractivity contribution is 0.669. The van der Waals surface area contributed by atoms with E-state index in [1.165, 1.54) is 0 Å². The number of furan rings is 1. The highest BCUT2D eigenvalue weighted by Crippen LogP contribution is 2.39. The third-order valence-corrected chi connectivity index (χ3v) is 10.5. The summed E-state index contributed by atoms with van der Waals surface area (Å²) in [6.07, 6.45) is 1.83. The Morgan fingerprint density at radius 1 is 0.357 bits per heavy atom. The lowest BCUT2D eigenvalue weighted by atomic mass is 10.0. The first-order chi connectivity index (χ1) is 27.7. The number of aromatic nitrogens is 5. The van der Waals surface area contributed by atoms with E-state index in [1.54, 1.807) is 0 Å². The minimum atomic E-state index is 0.547. The highest BCUT2D eigenvalue weighted by molar-refractivity contribution is 6.11. The number of nitrogens with zero attached hydrogens (tertiary/aromatic N) is 5. The Balaban J connectivity index is 1.07. The molecule has 0 atom stereocenters. The van der Waals surface area contributed by atoms with Crippen molar-refractivity contribution >= 4 is 43.7 Å². The molecular formula is C50H31N5O. The molecule has 4 heterocycles. The molecule has 0 saturated carbocycles. The Labute approximate surface area is 322 Å². The second kappa shape index (κ2) is 13.0. The van der Waals surface area contributed by atoms with Gasteiger partial charge in [0.05, 0.1) is 16.6 Å². The van der Waals surface area contributed by atoms with Crippen LogP contribution in [0.5, 0.6) is 0 Å². The minimum Gasteiger partial charge on any atom is -0.456 e. The molecule has 0 amide bonds. The van der Waals surface area contributed by atoms with Crippen molar-refractivity contribution in [1.82, 2.24) is 24.5 Å². The summed E-state index contributed by atoms with van der Waals surface area (Å²) in [7, 11) is 0. The molecule has 0 saturated heterocycles. The van der Waals surface area contributed by atoms with Gasteiger partial charge >= 0.3 is 0 Å². The van der Waals surface area contributed by atoms with Crippen LogP contribution in [-0.2, 0) is 0 Å². The standard InChI is InChI=1S/C50H31N5O/c1-3-12-32(13-4-1)33-21-23-35(24-22-33)48-52-47(34-14-5-2-6-15-34)53-49(54-48)41-18-11-29-51-50(41)55-43-19-9-7-16-38(43)42-30-36(26-28-44(42)55)37-25-27-40-39-17-8-10-20-45(39)56-46(40)31-37/h1-31H. The second-order valence-electron chi connectivity index (χ2n) is 13.9. The number of fused-ring (bicyclic) bond motifs is 6. The summed E-state index contributed by atoms with van der Waals surface area (Å²) in [5, 5.41) is 4.50. The molecule has 262 valence electrons. The topological polar surface area (TPSA) is 69.6 Å². The van der Waals surface area contributed by atoms with Crippen LogP contribution in [0.25, 0.3) is 106 Å². The Hall–Kier alpha value is -7.70. The number of hydrogen-bond donors (Lipinski definition) is 0. The van der Waals surface area contributed by atoms with E-state index in [2.05, 4.69) is 126 Å². The van der Waals surface area contributed by atoms with Crippen molar-refractivity contribution in [1.29, 1.82) is 0 Å². The Bertz CT molecular complexity index is 3240. The average molecular weight is 718 g/mol. The minimum absolute atomic E-state index is 0.547. The van der Waals surface area contributed by atoms with Gasteiger partial charge in [-0.3, -0.25) is 4.57 Å². The largest absolute Gasteiger partial charge is 0.456 e. The molecule has 11 aromatic rings. The molecule has 0 spiro atoms. The van der Waals surface area contributed by atoms with E-state index in [-0.39, 0.29) is 0 Å². The molecule has 0 aliphatic rings. The van der Waals surface area contributed by atoms with E-state index in [4.69, 9.17) is 24.4 Å². The van der Waals surface area contributed by atoms with E-state index >= 15 is 0 Å². The zero-order chi connectivity index (χ0) is 37.0. The molecule has 7 aromatic carbocycles. The summed E-state index contributed by atoms with van der Waals surface area (Å²) < 4.78 is 8.49. The lowest BCUT2D eigenvalue weighted by Gasteiger charge is -2.13. The predicted molar refractivity (Wildman–Crippen MR) is 226 cm³/mol. The number of benzene rings is 7. The van der Waals surface area contributed by atoms with Crippen LogP contribution >= 0.6 is 0 Å². The van der Waals surface area contributed by atoms with Gasteiger partial charge in [0.1, 0.15) is 17.0 Å². The quantitative estimate of drug-likeness (QED) is 0.171. The van der Waals surface area contributed by atoms with Crippen molar-refractivity contribution < 1.29 is 4.42 Å². The van der Waals surface area contributed by atoms with Gasteiger partial charge in [0.25, 0.3) is 0 Å². The van der Waals surface area contributed by atoms with E-state index in [1.807, 2.05) is 66.9 Å². The molecule has 0 fully saturated rings. The summed E-state index contributed by atoms with van der Waals surface area (Å²) in [5.41, 5.74) is 11.0. The van der Waals surface area contributed by atoms with Crippen molar-refractivity contribution in [3.63, 3.8) is 0 Å². The maximum absolute atomic E-state index is 6.26. The highest BCUT2D eigenvalue weighted by Gasteiger charge is 2.21. The monoisotopic (exact) mass is 717 g/mol. The molecule has 0 unspecified atom stereocenters. The van der Waals surface area contributed by atoms with Gasteiger partial charge in [-0.25, -0.2) is 19.9 Å². The van der Waals surface area contributed by atoms with Gasteiger partial charge < -0.3 is 4.42 Å². The first-order valence-electron chi connectivity index (χ1n) is 18.6. The Morgan fingerprint density at radius 2 is 0.911 bits per heavy atom. The van der Waals surface area contributed by atoms with Crippen LogP contribution in [0.3, 0.4) is 0 Å². The van der Waals surface area contributed by atoms with Crippen molar-refractivity contribution in [3.8, 4) is 62.2 Å². The number of pyridine rings is 1. The highest BCUT2D eigenvalue weighted by atomic mass is 16.3. The van der Waals surface area contributed by atoms with Gasteiger partial charge in [-0.2, -0.15) is 0 Å². The van der Waals surface area contributed by atoms with Crippen LogP contribution in [0.1, 0.15) is 0 Å². The van der Waals surface area contributed by atoms with Crippen LogP contribution in [0, 0.1) is 0 Å². The normalized spacial score (nSPS) is 11.6. The predicted octanol–water partition coefficient (Wildman–Crippen LogP) is 12.6. The molecule has 56 heavy (non-hydrogen) atoms. The Kier molecular flexibility index (Phi) is 7.38. The van der Waals surface area contributed by atoms with Crippen LogP contribution in [-0.4, -0.2) is 24.5 Å². The van der Waals surface area contributed by atoms with Crippen LogP contribution in [0.15, 0.2) is 193 Å². The number of hydrogen-bond acceptors (Lipinski definition) is 5. The molecule has 0 radical (unpaired) electrons. The first kappa shape index (κ1) is 31.8. The number of rotatable bonds is 6. The molecule has 0 aliphatic carbocycles. The molecular weight excluding hydrogens is 687 g/mol. The van der Waals surface area contributed by atoms with Gasteiger partial charge in [0.2, 0.25) is 0 Å². The van der Waals surface area contributed by atoms with Gasteiger partial charge in [-0.1, -0.05) is 133 Å². The Morgan fingerprint density at radius 3 is 1.71 bits per heavy atom. The van der Waals surface area contributed by atoms with Crippen molar-refractivity contribution in [2.24, 2.45) is 0 Å². The van der Waals surface area contributed by atoms with Crippen LogP contribution in [0.2, 0.25) is 0 Å². The van der Waals surface area contributed by atoms with Crippen molar-refractivity contribution in [3.05, 3.63) is 188 Å². The molecule has 0 bridgehead atoms. The van der Waals surface area contributed by atoms with Crippen LogP contribution in [0.4, 0.5) is 0 Å². The summed E-state index contributed by atoms with van der Waals surface area (Å²) >= 11 is 0. The van der Waals surface area contributed by atoms with Gasteiger partial charge in [0, 0.05) is 38.9 Å². The summed E-state index contributed by atoms with van der Waals surface area (Å²) in [5.74, 6) is 2.48. The second-order valence-corrected chi connectivity index (χ2v) is 13.9. The summed E-state index contributed by atoms with van der Waals surface area (Å²) in [4.78, 5) is 20.3. The molecule has 6 heteroatoms. The van der Waals surface area contributed by atoms with E-state index in [0.29, 0.717) is 17.5 Å². The van der Waals surface area contributed by atoms with E-state index < -0.39 is 0 Å². The third kappa shape index (κ3) is 5.35. The number of para-hydroxylation sites is 2. The van der Waals surface area contributed by atoms with E-state index in [0.717, 1.165) is 88.5 Å². The maximum Gasteiger partial charge on any atom is 0.167 e. The molecule has 11 rings (SSSR count). The fourth-order valence-corrected chi connectivity index (χ4v) is 7.82. The molecule has 0 N–H and O–H groups in total. The van der Waals surface area contributed by atoms with Gasteiger partial charge in [-0.05, 0) is 70.8 Å². The fourth-order valence-electron chi connectivity index (χ4n) is 7.82. The molecule has 6 nitrogen and oxygen atoms in total. The summed E-state index contributed by atoms with van der Waals surface area (Å²) in [6.45, 7) is 0. The smallest absolute Gasteiger partial charge is 0.167 e. The first-order valence-corrected chi connectivity index (χ1v) is 18.6. The third-order valence-electron chi connectivity index (χ3n) is 10.5. The SMILES string of the molecule is c1ccc(-c2ccc(-c3nc(-c4ccccc4)nc(-c4cccnc4-n4c5ccccc5c5cc(-c6ccc7c(c6)oc6ccccc67)ccc54)n3)cc2)cc1. The van der Waals surface area contributed by atoms with Crippen molar-refractivity contribution in [2.75, 3.05) is 0 Å². The van der Waals surface area contributed by atoms with Gasteiger partial charge in [0.15, 0.2) is 17.5 Å². The fraction of sp³-hybridized carbons (Fsp3) is 0. The molecule has 4 aromatic heterocycles.